The van der Waals surface area contributed by atoms with Crippen LogP contribution in [0.1, 0.15) is 11.7 Å². The fraction of sp³-hybridized carbons (Fsp3) is 0.667. The molecule has 0 aliphatic heterocycles. The Morgan fingerprint density at radius 3 is 2.38 bits per heavy atom. The minimum absolute atomic E-state index is 0.0587. The number of hydrogen-bond donors (Lipinski definition) is 1. The van der Waals surface area contributed by atoms with E-state index < -0.39 is 12.0 Å². The first kappa shape index (κ1) is 10.4. The third kappa shape index (κ3) is 2.91. The average Bonchev–Trinajstić information content (AvgIpc) is 2.32. The second-order valence-electron chi connectivity index (χ2n) is 2.75. The zero-order chi connectivity index (χ0) is 10.1. The first-order valence-corrected chi connectivity index (χ1v) is 5.86. The van der Waals surface area contributed by atoms with E-state index in [4.69, 9.17) is 0 Å². The standard InChI is InChI=1S/C6H9F3N2OS/c1-13(2)3-4-10-5(11-12-4)6(7,8)9/h13H,3H2,1-2H3. The van der Waals surface area contributed by atoms with Crippen LogP contribution in [0, 0.1) is 0 Å². The van der Waals surface area contributed by atoms with Crippen LogP contribution in [-0.2, 0) is 11.9 Å². The minimum atomic E-state index is -4.51. The summed E-state index contributed by atoms with van der Waals surface area (Å²) in [4.78, 5) is 3.24. The summed E-state index contributed by atoms with van der Waals surface area (Å²) < 4.78 is 40.3. The highest BCUT2D eigenvalue weighted by molar-refractivity contribution is 8.15. The van der Waals surface area contributed by atoms with Gasteiger partial charge >= 0.3 is 6.18 Å². The number of nitrogens with zero attached hydrogens (tertiary/aromatic N) is 2. The predicted octanol–water partition coefficient (Wildman–Crippen LogP) is 1.85. The summed E-state index contributed by atoms with van der Waals surface area (Å²) in [5.74, 6) is -0.707. The summed E-state index contributed by atoms with van der Waals surface area (Å²) in [6, 6.07) is 0. The molecule has 0 bridgehead atoms. The van der Waals surface area contributed by atoms with Crippen molar-refractivity contribution in [1.29, 1.82) is 0 Å². The molecule has 13 heavy (non-hydrogen) atoms. The molecule has 0 unspecified atom stereocenters. The maximum Gasteiger partial charge on any atom is 0.455 e. The van der Waals surface area contributed by atoms with Crippen molar-refractivity contribution in [2.45, 2.75) is 11.9 Å². The molecule has 0 saturated carbocycles. The topological polar surface area (TPSA) is 38.9 Å². The van der Waals surface area contributed by atoms with Gasteiger partial charge in [0.1, 0.15) is 0 Å². The maximum absolute atomic E-state index is 12.0. The molecular weight excluding hydrogens is 205 g/mol. The molecule has 1 heterocycles. The van der Waals surface area contributed by atoms with Crippen molar-refractivity contribution in [2.24, 2.45) is 0 Å². The smallest absolute Gasteiger partial charge is 0.338 e. The minimum Gasteiger partial charge on any atom is -0.338 e. The second kappa shape index (κ2) is 3.57. The zero-order valence-corrected chi connectivity index (χ0v) is 7.99. The quantitative estimate of drug-likeness (QED) is 0.763. The summed E-state index contributed by atoms with van der Waals surface area (Å²) in [5.41, 5.74) is 0. The van der Waals surface area contributed by atoms with E-state index in [-0.39, 0.29) is 16.8 Å². The van der Waals surface area contributed by atoms with Gasteiger partial charge < -0.3 is 4.52 Å². The largest absolute Gasteiger partial charge is 0.455 e. The van der Waals surface area contributed by atoms with Crippen LogP contribution >= 0.6 is 10.9 Å². The van der Waals surface area contributed by atoms with Crippen molar-refractivity contribution < 1.29 is 17.7 Å². The van der Waals surface area contributed by atoms with Gasteiger partial charge in [0.05, 0.1) is 5.75 Å². The summed E-state index contributed by atoms with van der Waals surface area (Å²) in [6.07, 6.45) is -0.661. The normalized spacial score (nSPS) is 13.2. The number of alkyl halides is 3. The summed E-state index contributed by atoms with van der Waals surface area (Å²) >= 11 is 0. The lowest BCUT2D eigenvalue weighted by molar-refractivity contribution is -0.146. The third-order valence-electron chi connectivity index (χ3n) is 1.17. The molecule has 0 radical (unpaired) electrons. The monoisotopic (exact) mass is 214 g/mol. The number of aromatic nitrogens is 2. The summed E-state index contributed by atoms with van der Waals surface area (Å²) in [7, 11) is -0.363. The lowest BCUT2D eigenvalue weighted by Gasteiger charge is -2.02. The maximum atomic E-state index is 12.0. The highest BCUT2D eigenvalue weighted by Crippen LogP contribution is 2.28. The fourth-order valence-electron chi connectivity index (χ4n) is 0.705. The molecule has 3 nitrogen and oxygen atoms in total. The van der Waals surface area contributed by atoms with Gasteiger partial charge in [0, 0.05) is 0 Å². The van der Waals surface area contributed by atoms with Crippen molar-refractivity contribution >= 4 is 10.9 Å². The molecular formula is C6H9F3N2OS. The highest BCUT2D eigenvalue weighted by atomic mass is 32.2. The van der Waals surface area contributed by atoms with Gasteiger partial charge in [-0.3, -0.25) is 10.9 Å². The van der Waals surface area contributed by atoms with E-state index in [1.54, 1.807) is 0 Å². The molecule has 0 fully saturated rings. The van der Waals surface area contributed by atoms with Crippen LogP contribution in [-0.4, -0.2) is 22.7 Å². The van der Waals surface area contributed by atoms with Crippen LogP contribution in [0.3, 0.4) is 0 Å². The number of halogens is 3. The van der Waals surface area contributed by atoms with Crippen LogP contribution in [0.4, 0.5) is 13.2 Å². The van der Waals surface area contributed by atoms with E-state index in [0.29, 0.717) is 5.75 Å². The van der Waals surface area contributed by atoms with E-state index in [9.17, 15) is 13.2 Å². The molecule has 0 aliphatic rings. The van der Waals surface area contributed by atoms with Gasteiger partial charge in [-0.15, -0.1) is 0 Å². The fourth-order valence-corrected chi connectivity index (χ4v) is 1.37. The van der Waals surface area contributed by atoms with Gasteiger partial charge in [-0.25, -0.2) is 0 Å². The van der Waals surface area contributed by atoms with E-state index in [1.807, 2.05) is 12.5 Å². The van der Waals surface area contributed by atoms with Crippen LogP contribution in [0.15, 0.2) is 4.52 Å². The Bertz CT molecular complexity index is 284. The first-order chi connectivity index (χ1) is 5.89. The molecule has 1 rings (SSSR count). The average molecular weight is 214 g/mol. The molecule has 1 aromatic heterocycles. The molecule has 0 atom stereocenters. The molecule has 0 spiro atoms. The lowest BCUT2D eigenvalue weighted by Crippen LogP contribution is -2.07. The van der Waals surface area contributed by atoms with Crippen LogP contribution in [0.5, 0.6) is 0 Å². The van der Waals surface area contributed by atoms with Gasteiger partial charge in [-0.1, -0.05) is 5.16 Å². The number of hydrogen-bond acceptors (Lipinski definition) is 3. The van der Waals surface area contributed by atoms with E-state index in [0.717, 1.165) is 0 Å². The lowest BCUT2D eigenvalue weighted by atomic mass is 10.6. The SMILES string of the molecule is C[SH](C)Cc1nc(C(F)(F)F)no1. The summed E-state index contributed by atoms with van der Waals surface area (Å²) in [6.45, 7) is 0. The van der Waals surface area contributed by atoms with Gasteiger partial charge in [0.25, 0.3) is 5.82 Å². The highest BCUT2D eigenvalue weighted by Gasteiger charge is 2.37. The van der Waals surface area contributed by atoms with Crippen LogP contribution in [0.2, 0.25) is 0 Å². The van der Waals surface area contributed by atoms with Gasteiger partial charge in [-0.05, 0) is 12.5 Å². The molecule has 0 aromatic carbocycles. The van der Waals surface area contributed by atoms with Crippen molar-refractivity contribution in [3.8, 4) is 0 Å². The molecule has 0 aliphatic carbocycles. The molecule has 0 saturated heterocycles. The van der Waals surface area contributed by atoms with Crippen molar-refractivity contribution in [1.82, 2.24) is 10.1 Å². The zero-order valence-electron chi connectivity index (χ0n) is 7.09. The number of thiol groups is 1. The Balaban J connectivity index is 2.75. The molecule has 76 valence electrons. The molecule has 0 N–H and O–H groups in total. The van der Waals surface area contributed by atoms with E-state index >= 15 is 0 Å². The van der Waals surface area contributed by atoms with Gasteiger partial charge in [-0.2, -0.15) is 18.2 Å². The van der Waals surface area contributed by atoms with E-state index in [2.05, 4.69) is 14.7 Å². The number of rotatable bonds is 2. The molecule has 1 aromatic rings. The Morgan fingerprint density at radius 1 is 1.38 bits per heavy atom. The molecule has 0 amide bonds. The Morgan fingerprint density at radius 2 is 2.00 bits per heavy atom. The Hall–Kier alpha value is -0.720. The third-order valence-corrected chi connectivity index (χ3v) is 2.08. The predicted molar refractivity (Wildman–Crippen MR) is 43.8 cm³/mol. The Kier molecular flexibility index (Phi) is 2.84. The van der Waals surface area contributed by atoms with Crippen molar-refractivity contribution in [3.63, 3.8) is 0 Å². The van der Waals surface area contributed by atoms with Crippen LogP contribution < -0.4 is 0 Å². The van der Waals surface area contributed by atoms with Crippen LogP contribution in [0.25, 0.3) is 0 Å². The van der Waals surface area contributed by atoms with Crippen molar-refractivity contribution in [3.05, 3.63) is 11.7 Å². The molecule has 7 heteroatoms. The van der Waals surface area contributed by atoms with Gasteiger partial charge in [0.2, 0.25) is 5.89 Å². The second-order valence-corrected chi connectivity index (χ2v) is 5.22. The Labute approximate surface area is 75.7 Å². The first-order valence-electron chi connectivity index (χ1n) is 3.44. The van der Waals surface area contributed by atoms with Gasteiger partial charge in [0.15, 0.2) is 0 Å². The van der Waals surface area contributed by atoms with E-state index in [1.165, 1.54) is 0 Å². The summed E-state index contributed by atoms with van der Waals surface area (Å²) in [5, 5.41) is 2.84. The van der Waals surface area contributed by atoms with Crippen molar-refractivity contribution in [2.75, 3.05) is 12.5 Å².